The predicted molar refractivity (Wildman–Crippen MR) is 108 cm³/mol. The van der Waals surface area contributed by atoms with Gasteiger partial charge in [-0.2, -0.15) is 0 Å². The van der Waals surface area contributed by atoms with E-state index in [2.05, 4.69) is 37.9 Å². The Morgan fingerprint density at radius 1 is 1.04 bits per heavy atom. The third kappa shape index (κ3) is 6.65. The van der Waals surface area contributed by atoms with E-state index in [-0.39, 0.29) is 36.6 Å². The molecule has 1 heterocycles. The van der Waals surface area contributed by atoms with Crippen LogP contribution in [0.3, 0.4) is 0 Å². The molecular formula is C22H34N2O3. The number of esters is 1. The van der Waals surface area contributed by atoms with E-state index in [4.69, 9.17) is 4.74 Å². The van der Waals surface area contributed by atoms with E-state index in [9.17, 15) is 9.59 Å². The Kier molecular flexibility index (Phi) is 8.29. The minimum atomic E-state index is -0.348. The van der Waals surface area contributed by atoms with Gasteiger partial charge < -0.3 is 15.0 Å². The molecule has 27 heavy (non-hydrogen) atoms. The smallest absolute Gasteiger partial charge is 0.311 e. The highest BCUT2D eigenvalue weighted by atomic mass is 16.5. The van der Waals surface area contributed by atoms with Gasteiger partial charge in [-0.05, 0) is 48.9 Å². The van der Waals surface area contributed by atoms with Crippen molar-refractivity contribution < 1.29 is 14.3 Å². The molecular weight excluding hydrogens is 340 g/mol. The molecule has 5 nitrogen and oxygen atoms in total. The minimum absolute atomic E-state index is 0.0904. The molecule has 0 bridgehead atoms. The Morgan fingerprint density at radius 3 is 2.19 bits per heavy atom. The van der Waals surface area contributed by atoms with Crippen molar-refractivity contribution in [2.24, 2.45) is 0 Å². The highest BCUT2D eigenvalue weighted by Gasteiger charge is 2.18. The maximum atomic E-state index is 12.3. The van der Waals surface area contributed by atoms with Crippen LogP contribution in [0.5, 0.6) is 5.75 Å². The number of hydrogen-bond acceptors (Lipinski definition) is 4. The van der Waals surface area contributed by atoms with Gasteiger partial charge in [0, 0.05) is 19.5 Å². The topological polar surface area (TPSA) is 58.6 Å². The largest absolute Gasteiger partial charge is 0.426 e. The van der Waals surface area contributed by atoms with Crippen molar-refractivity contribution in [1.29, 1.82) is 0 Å². The lowest BCUT2D eigenvalue weighted by molar-refractivity contribution is -0.136. The lowest BCUT2D eigenvalue weighted by atomic mass is 9.94. The second kappa shape index (κ2) is 10.5. The van der Waals surface area contributed by atoms with Crippen LogP contribution < -0.4 is 10.1 Å². The molecule has 1 fully saturated rings. The van der Waals surface area contributed by atoms with Crippen molar-refractivity contribution in [3.63, 3.8) is 0 Å². The van der Waals surface area contributed by atoms with Crippen molar-refractivity contribution in [2.75, 3.05) is 26.2 Å². The standard InChI is InChI=1S/C22H34N2O3/c1-16(2)18-8-7-9-19(17(3)4)22(18)27-21(26)11-10-20(25)23-12-15-24-13-5-6-14-24/h7-9,16-17H,5-6,10-15H2,1-4H3,(H,23,25). The summed E-state index contributed by atoms with van der Waals surface area (Å²) < 4.78 is 5.71. The molecule has 1 aromatic rings. The maximum absolute atomic E-state index is 12.3. The number of nitrogens with zero attached hydrogens (tertiary/aromatic N) is 1. The fourth-order valence-electron chi connectivity index (χ4n) is 3.43. The molecule has 1 N–H and O–H groups in total. The molecule has 1 aliphatic rings. The number of carbonyl (C=O) groups excluding carboxylic acids is 2. The van der Waals surface area contributed by atoms with Crippen LogP contribution in [0.25, 0.3) is 0 Å². The second-order valence-corrected chi connectivity index (χ2v) is 7.95. The second-order valence-electron chi connectivity index (χ2n) is 7.95. The fourth-order valence-corrected chi connectivity index (χ4v) is 3.43. The van der Waals surface area contributed by atoms with Crippen molar-refractivity contribution in [3.8, 4) is 5.75 Å². The first-order valence-electron chi connectivity index (χ1n) is 10.2. The van der Waals surface area contributed by atoms with Gasteiger partial charge in [0.25, 0.3) is 0 Å². The summed E-state index contributed by atoms with van der Waals surface area (Å²) in [5, 5.41) is 2.90. The van der Waals surface area contributed by atoms with Crippen molar-refractivity contribution in [3.05, 3.63) is 29.3 Å². The van der Waals surface area contributed by atoms with Gasteiger partial charge in [0.1, 0.15) is 5.75 Å². The molecule has 0 radical (unpaired) electrons. The normalized spacial score (nSPS) is 14.7. The monoisotopic (exact) mass is 374 g/mol. The van der Waals surface area contributed by atoms with Crippen LogP contribution in [-0.4, -0.2) is 43.0 Å². The molecule has 0 saturated carbocycles. The SMILES string of the molecule is CC(C)c1cccc(C(C)C)c1OC(=O)CCC(=O)NCCN1CCCC1. The predicted octanol–water partition coefficient (Wildman–Crippen LogP) is 3.83. The van der Waals surface area contributed by atoms with E-state index in [1.54, 1.807) is 0 Å². The summed E-state index contributed by atoms with van der Waals surface area (Å²) in [5.74, 6) is 0.759. The Labute approximate surface area is 163 Å². The van der Waals surface area contributed by atoms with Gasteiger partial charge in [0.2, 0.25) is 5.91 Å². The van der Waals surface area contributed by atoms with Crippen LogP contribution in [-0.2, 0) is 9.59 Å². The van der Waals surface area contributed by atoms with Crippen molar-refractivity contribution >= 4 is 11.9 Å². The van der Waals surface area contributed by atoms with Crippen LogP contribution in [0.1, 0.15) is 76.3 Å². The van der Waals surface area contributed by atoms with E-state index in [0.717, 1.165) is 30.8 Å². The highest BCUT2D eigenvalue weighted by molar-refractivity contribution is 5.82. The molecule has 1 saturated heterocycles. The summed E-state index contributed by atoms with van der Waals surface area (Å²) in [4.78, 5) is 26.7. The van der Waals surface area contributed by atoms with Gasteiger partial charge in [-0.25, -0.2) is 0 Å². The maximum Gasteiger partial charge on any atom is 0.311 e. The molecule has 2 rings (SSSR count). The van der Waals surface area contributed by atoms with Gasteiger partial charge in [0.15, 0.2) is 0 Å². The number of amides is 1. The first-order valence-corrected chi connectivity index (χ1v) is 10.2. The summed E-state index contributed by atoms with van der Waals surface area (Å²) in [6.45, 7) is 12.1. The lowest BCUT2D eigenvalue weighted by Gasteiger charge is -2.19. The van der Waals surface area contributed by atoms with Gasteiger partial charge in [-0.15, -0.1) is 0 Å². The quantitative estimate of drug-likeness (QED) is 0.527. The number of rotatable bonds is 9. The third-order valence-corrected chi connectivity index (χ3v) is 5.04. The van der Waals surface area contributed by atoms with E-state index < -0.39 is 0 Å². The Bertz CT molecular complexity index is 608. The first kappa shape index (κ1) is 21.4. The Balaban J connectivity index is 1.83. The number of benzene rings is 1. The molecule has 0 aliphatic carbocycles. The van der Waals surface area contributed by atoms with Crippen molar-refractivity contribution in [1.82, 2.24) is 10.2 Å². The molecule has 0 spiro atoms. The van der Waals surface area contributed by atoms with E-state index in [1.165, 1.54) is 12.8 Å². The molecule has 0 aromatic heterocycles. The zero-order valence-corrected chi connectivity index (χ0v) is 17.2. The summed E-state index contributed by atoms with van der Waals surface area (Å²) >= 11 is 0. The van der Waals surface area contributed by atoms with Crippen LogP contribution in [0.15, 0.2) is 18.2 Å². The molecule has 1 aliphatic heterocycles. The number of likely N-dealkylation sites (tertiary alicyclic amines) is 1. The van der Waals surface area contributed by atoms with Gasteiger partial charge in [-0.3, -0.25) is 9.59 Å². The van der Waals surface area contributed by atoms with Gasteiger partial charge >= 0.3 is 5.97 Å². The van der Waals surface area contributed by atoms with E-state index >= 15 is 0 Å². The summed E-state index contributed by atoms with van der Waals surface area (Å²) in [7, 11) is 0. The van der Waals surface area contributed by atoms with Crippen LogP contribution in [0.4, 0.5) is 0 Å². The summed E-state index contributed by atoms with van der Waals surface area (Å²) in [6.07, 6.45) is 2.76. The Hall–Kier alpha value is -1.88. The van der Waals surface area contributed by atoms with Crippen LogP contribution in [0, 0.1) is 0 Å². The Morgan fingerprint density at radius 2 is 1.63 bits per heavy atom. The minimum Gasteiger partial charge on any atom is -0.426 e. The number of hydrogen-bond donors (Lipinski definition) is 1. The first-order chi connectivity index (χ1) is 12.9. The molecule has 0 atom stereocenters. The third-order valence-electron chi connectivity index (χ3n) is 5.04. The number of nitrogens with one attached hydrogen (secondary N) is 1. The highest BCUT2D eigenvalue weighted by Crippen LogP contribution is 2.34. The zero-order chi connectivity index (χ0) is 19.8. The van der Waals surface area contributed by atoms with E-state index in [0.29, 0.717) is 12.3 Å². The molecule has 150 valence electrons. The zero-order valence-electron chi connectivity index (χ0n) is 17.2. The summed E-state index contributed by atoms with van der Waals surface area (Å²) in [6, 6.07) is 6.02. The molecule has 1 amide bonds. The van der Waals surface area contributed by atoms with Crippen LogP contribution >= 0.6 is 0 Å². The number of carbonyl (C=O) groups is 2. The number of ether oxygens (including phenoxy) is 1. The molecule has 0 unspecified atom stereocenters. The van der Waals surface area contributed by atoms with E-state index in [1.807, 2.05) is 18.2 Å². The average Bonchev–Trinajstić information content (AvgIpc) is 3.13. The molecule has 5 heteroatoms. The fraction of sp³-hybridized carbons (Fsp3) is 0.636. The van der Waals surface area contributed by atoms with Crippen molar-refractivity contribution in [2.45, 2.75) is 65.2 Å². The van der Waals surface area contributed by atoms with Crippen LogP contribution in [0.2, 0.25) is 0 Å². The van der Waals surface area contributed by atoms with Gasteiger partial charge in [-0.1, -0.05) is 45.9 Å². The number of para-hydroxylation sites is 1. The van der Waals surface area contributed by atoms with Gasteiger partial charge in [0.05, 0.1) is 6.42 Å². The average molecular weight is 375 g/mol. The summed E-state index contributed by atoms with van der Waals surface area (Å²) in [5.41, 5.74) is 2.06. The lowest BCUT2D eigenvalue weighted by Crippen LogP contribution is -2.33. The molecule has 1 aromatic carbocycles.